The lowest BCUT2D eigenvalue weighted by Gasteiger charge is -2.14. The highest BCUT2D eigenvalue weighted by Crippen LogP contribution is 2.28. The normalized spacial score (nSPS) is 10.9. The lowest BCUT2D eigenvalue weighted by Crippen LogP contribution is -2.30. The average Bonchev–Trinajstić information content (AvgIpc) is 2.84. The Balaban J connectivity index is 1.98. The molecule has 0 saturated carbocycles. The third kappa shape index (κ3) is 6.02. The van der Waals surface area contributed by atoms with Crippen molar-refractivity contribution in [2.24, 2.45) is 0 Å². The number of carbonyl (C=O) groups excluding carboxylic acids is 2. The van der Waals surface area contributed by atoms with E-state index in [0.29, 0.717) is 21.3 Å². The van der Waals surface area contributed by atoms with Crippen molar-refractivity contribution in [3.05, 3.63) is 93.6 Å². The Labute approximate surface area is 204 Å². The molecular formula is C25H21BrN2O6. The van der Waals surface area contributed by atoms with E-state index in [2.05, 4.69) is 26.6 Å². The van der Waals surface area contributed by atoms with Gasteiger partial charge >= 0.3 is 5.97 Å². The summed E-state index contributed by atoms with van der Waals surface area (Å²) in [5.41, 5.74) is 1.02. The molecule has 0 aliphatic carbocycles. The third-order valence-electron chi connectivity index (χ3n) is 4.71. The van der Waals surface area contributed by atoms with Gasteiger partial charge in [0.05, 0.1) is 29.9 Å². The first-order valence-corrected chi connectivity index (χ1v) is 10.8. The summed E-state index contributed by atoms with van der Waals surface area (Å²) in [5, 5.41) is 14.5. The number of carboxylic acids is 1. The largest absolute Gasteiger partial charge is 0.496 e. The van der Waals surface area contributed by atoms with E-state index in [1.165, 1.54) is 38.5 Å². The van der Waals surface area contributed by atoms with E-state index >= 15 is 0 Å². The second kappa shape index (κ2) is 11.2. The Bertz CT molecular complexity index is 1260. The molecule has 0 aromatic heterocycles. The Morgan fingerprint density at radius 2 is 1.56 bits per heavy atom. The zero-order valence-corrected chi connectivity index (χ0v) is 19.9. The maximum atomic E-state index is 13.2. The summed E-state index contributed by atoms with van der Waals surface area (Å²) in [7, 11) is 2.93. The summed E-state index contributed by atoms with van der Waals surface area (Å²) < 4.78 is 11.1. The number of anilines is 1. The van der Waals surface area contributed by atoms with Crippen LogP contribution in [0.1, 0.15) is 26.3 Å². The molecule has 3 aromatic carbocycles. The van der Waals surface area contributed by atoms with Crippen molar-refractivity contribution in [2.75, 3.05) is 19.5 Å². The summed E-state index contributed by atoms with van der Waals surface area (Å²) in [6, 6.07) is 17.7. The molecule has 3 N–H and O–H groups in total. The lowest BCUT2D eigenvalue weighted by molar-refractivity contribution is -0.113. The SMILES string of the molecule is COc1ccc(/C=C(\NC(=O)c2ccccc2)C(=O)Nc2cc(C(=O)O)ccc2OC)cc1Br. The number of ether oxygens (including phenoxy) is 2. The minimum atomic E-state index is -1.16. The van der Waals surface area contributed by atoms with Gasteiger partial charge in [-0.15, -0.1) is 0 Å². The molecule has 0 saturated heterocycles. The van der Waals surface area contributed by atoms with Gasteiger partial charge in [0, 0.05) is 5.56 Å². The van der Waals surface area contributed by atoms with Gasteiger partial charge in [-0.2, -0.15) is 0 Å². The number of aromatic carboxylic acids is 1. The zero-order chi connectivity index (χ0) is 24.7. The molecule has 3 rings (SSSR count). The summed E-state index contributed by atoms with van der Waals surface area (Å²) in [6.45, 7) is 0. The molecular weight excluding hydrogens is 504 g/mol. The van der Waals surface area contributed by atoms with E-state index in [-0.39, 0.29) is 22.7 Å². The van der Waals surface area contributed by atoms with E-state index in [0.717, 1.165) is 0 Å². The van der Waals surface area contributed by atoms with Crippen molar-refractivity contribution in [1.82, 2.24) is 5.32 Å². The minimum Gasteiger partial charge on any atom is -0.496 e. The molecule has 0 heterocycles. The number of nitrogens with one attached hydrogen (secondary N) is 2. The Morgan fingerprint density at radius 3 is 2.18 bits per heavy atom. The van der Waals surface area contributed by atoms with E-state index in [9.17, 15) is 19.5 Å². The first kappa shape index (κ1) is 24.5. The van der Waals surface area contributed by atoms with Crippen LogP contribution in [0.25, 0.3) is 6.08 Å². The highest BCUT2D eigenvalue weighted by molar-refractivity contribution is 9.10. The molecule has 34 heavy (non-hydrogen) atoms. The number of carbonyl (C=O) groups is 3. The maximum Gasteiger partial charge on any atom is 0.335 e. The highest BCUT2D eigenvalue weighted by Gasteiger charge is 2.18. The van der Waals surface area contributed by atoms with Crippen molar-refractivity contribution in [3.8, 4) is 11.5 Å². The minimum absolute atomic E-state index is 0.0333. The Morgan fingerprint density at radius 1 is 0.882 bits per heavy atom. The number of halogens is 1. The molecule has 3 aromatic rings. The van der Waals surface area contributed by atoms with Crippen LogP contribution in [0.2, 0.25) is 0 Å². The second-order valence-corrected chi connectivity index (χ2v) is 7.80. The topological polar surface area (TPSA) is 114 Å². The summed E-state index contributed by atoms with van der Waals surface area (Å²) in [4.78, 5) is 37.3. The Kier molecular flexibility index (Phi) is 8.05. The van der Waals surface area contributed by atoms with Crippen LogP contribution < -0.4 is 20.1 Å². The number of hydrogen-bond acceptors (Lipinski definition) is 5. The van der Waals surface area contributed by atoms with Gasteiger partial charge in [-0.25, -0.2) is 4.79 Å². The first-order chi connectivity index (χ1) is 16.3. The summed E-state index contributed by atoms with van der Waals surface area (Å²) >= 11 is 3.40. The molecule has 0 spiro atoms. The monoisotopic (exact) mass is 524 g/mol. The number of methoxy groups -OCH3 is 2. The van der Waals surface area contributed by atoms with Gasteiger partial charge in [0.15, 0.2) is 0 Å². The number of hydrogen-bond donors (Lipinski definition) is 3. The molecule has 0 radical (unpaired) electrons. The summed E-state index contributed by atoms with van der Waals surface area (Å²) in [5.74, 6) is -1.45. The highest BCUT2D eigenvalue weighted by atomic mass is 79.9. The number of rotatable bonds is 8. The van der Waals surface area contributed by atoms with Gasteiger partial charge in [0.25, 0.3) is 11.8 Å². The van der Waals surface area contributed by atoms with Crippen molar-refractivity contribution >= 4 is 45.5 Å². The van der Waals surface area contributed by atoms with Gasteiger partial charge in [0.2, 0.25) is 0 Å². The maximum absolute atomic E-state index is 13.2. The fraction of sp³-hybridized carbons (Fsp3) is 0.0800. The van der Waals surface area contributed by atoms with Crippen LogP contribution in [0, 0.1) is 0 Å². The average molecular weight is 525 g/mol. The van der Waals surface area contributed by atoms with Gasteiger partial charge in [-0.1, -0.05) is 24.3 Å². The molecule has 0 aliphatic rings. The molecule has 0 unspecified atom stereocenters. The van der Waals surface area contributed by atoms with Crippen LogP contribution in [-0.2, 0) is 4.79 Å². The molecule has 8 nitrogen and oxygen atoms in total. The van der Waals surface area contributed by atoms with Crippen LogP contribution in [0.5, 0.6) is 11.5 Å². The van der Waals surface area contributed by atoms with Gasteiger partial charge in [-0.3, -0.25) is 9.59 Å². The quantitative estimate of drug-likeness (QED) is 0.372. The van der Waals surface area contributed by atoms with Gasteiger partial charge in [-0.05, 0) is 70.0 Å². The zero-order valence-electron chi connectivity index (χ0n) is 18.3. The van der Waals surface area contributed by atoms with Crippen LogP contribution >= 0.6 is 15.9 Å². The van der Waals surface area contributed by atoms with Crippen LogP contribution in [0.4, 0.5) is 5.69 Å². The molecule has 174 valence electrons. The van der Waals surface area contributed by atoms with Crippen LogP contribution in [0.15, 0.2) is 76.9 Å². The smallest absolute Gasteiger partial charge is 0.335 e. The fourth-order valence-corrected chi connectivity index (χ4v) is 3.57. The number of amides is 2. The van der Waals surface area contributed by atoms with E-state index in [1.54, 1.807) is 48.5 Å². The number of benzene rings is 3. The molecule has 9 heteroatoms. The van der Waals surface area contributed by atoms with Crippen molar-refractivity contribution in [3.63, 3.8) is 0 Å². The predicted molar refractivity (Wildman–Crippen MR) is 131 cm³/mol. The van der Waals surface area contributed by atoms with Crippen molar-refractivity contribution < 1.29 is 29.0 Å². The fourth-order valence-electron chi connectivity index (χ4n) is 3.01. The molecule has 0 fully saturated rings. The number of carboxylic acid groups (broad SMARTS) is 1. The van der Waals surface area contributed by atoms with Crippen LogP contribution in [-0.4, -0.2) is 37.1 Å². The summed E-state index contributed by atoms with van der Waals surface area (Å²) in [6.07, 6.45) is 1.49. The van der Waals surface area contributed by atoms with E-state index in [4.69, 9.17) is 9.47 Å². The standard InChI is InChI=1S/C25H21BrN2O6/c1-33-21-10-8-15(12-18(21)26)13-20(28-23(29)16-6-4-3-5-7-16)24(30)27-19-14-17(25(31)32)9-11-22(19)34-2/h3-14H,1-2H3,(H,27,30)(H,28,29)(H,31,32)/b20-13-. The second-order valence-electron chi connectivity index (χ2n) is 6.95. The first-order valence-electron chi connectivity index (χ1n) is 9.96. The molecule has 2 amide bonds. The van der Waals surface area contributed by atoms with Crippen molar-refractivity contribution in [2.45, 2.75) is 0 Å². The molecule has 0 atom stereocenters. The van der Waals surface area contributed by atoms with Gasteiger partial charge in [0.1, 0.15) is 17.2 Å². The van der Waals surface area contributed by atoms with Crippen LogP contribution in [0.3, 0.4) is 0 Å². The van der Waals surface area contributed by atoms with Gasteiger partial charge < -0.3 is 25.2 Å². The lowest BCUT2D eigenvalue weighted by atomic mass is 10.1. The third-order valence-corrected chi connectivity index (χ3v) is 5.33. The van der Waals surface area contributed by atoms with E-state index in [1.807, 2.05) is 0 Å². The Hall–Kier alpha value is -4.11. The predicted octanol–water partition coefficient (Wildman–Crippen LogP) is 4.57. The molecule has 0 bridgehead atoms. The van der Waals surface area contributed by atoms with Crippen molar-refractivity contribution in [1.29, 1.82) is 0 Å². The van der Waals surface area contributed by atoms with E-state index < -0.39 is 17.8 Å². The molecule has 0 aliphatic heterocycles.